The molecule has 0 spiro atoms. The zero-order chi connectivity index (χ0) is 16.4. The van der Waals surface area contributed by atoms with Crippen LogP contribution in [0.2, 0.25) is 0 Å². The molecule has 0 unspecified atom stereocenters. The summed E-state index contributed by atoms with van der Waals surface area (Å²) >= 11 is 8.69. The minimum absolute atomic E-state index is 0.0241. The first-order chi connectivity index (χ1) is 11.0. The second kappa shape index (κ2) is 6.94. The van der Waals surface area contributed by atoms with Gasteiger partial charge in [0, 0.05) is 10.5 Å². The Hall–Kier alpha value is -1.51. The number of hydrogen-bond donors (Lipinski definition) is 1. The molecule has 0 aliphatic heterocycles. The monoisotopic (exact) mass is 396 g/mol. The number of carbonyl (C=O) groups excluding carboxylic acids is 1. The lowest BCUT2D eigenvalue weighted by Crippen LogP contribution is -2.37. The molecule has 1 N–H and O–H groups in total. The molecule has 122 valence electrons. The molecule has 1 aliphatic carbocycles. The Morgan fingerprint density at radius 3 is 2.96 bits per heavy atom. The molecule has 1 heterocycles. The van der Waals surface area contributed by atoms with Crippen LogP contribution in [0.1, 0.15) is 12.8 Å². The summed E-state index contributed by atoms with van der Waals surface area (Å²) in [5.41, 5.74) is 0.839. The molecule has 0 atom stereocenters. The summed E-state index contributed by atoms with van der Waals surface area (Å²) in [6.45, 7) is 0.695. The van der Waals surface area contributed by atoms with Crippen LogP contribution in [0.5, 0.6) is 0 Å². The molecule has 1 aromatic heterocycles. The van der Waals surface area contributed by atoms with E-state index in [9.17, 15) is 4.79 Å². The molecule has 1 aromatic carbocycles. The van der Waals surface area contributed by atoms with Crippen LogP contribution in [0.15, 0.2) is 33.2 Å². The summed E-state index contributed by atoms with van der Waals surface area (Å²) in [6.07, 6.45) is 2.16. The van der Waals surface area contributed by atoms with E-state index in [1.54, 1.807) is 4.68 Å². The van der Waals surface area contributed by atoms with Crippen molar-refractivity contribution in [1.29, 1.82) is 0 Å². The van der Waals surface area contributed by atoms with Gasteiger partial charge in [-0.25, -0.2) is 4.68 Å². The maximum Gasteiger partial charge on any atom is 0.288 e. The summed E-state index contributed by atoms with van der Waals surface area (Å²) in [5.74, 6) is 0.481. The first-order valence-electron chi connectivity index (χ1n) is 7.33. The van der Waals surface area contributed by atoms with Gasteiger partial charge in [-0.2, -0.15) is 0 Å². The number of likely N-dealkylation sites (N-methyl/N-ethyl adjacent to an activating group) is 1. The van der Waals surface area contributed by atoms with E-state index in [1.807, 2.05) is 36.2 Å². The standard InChI is InChI=1S/C15H17BrN4O2S/c1-19(8-13(21)17-10-6-7-10)9-20-15(23)22-14(18-20)11-4-2-3-5-12(11)16/h2-5,10H,6-9H2,1H3,(H,17,21). The van der Waals surface area contributed by atoms with Crippen LogP contribution in [-0.2, 0) is 11.5 Å². The molecule has 1 saturated carbocycles. The van der Waals surface area contributed by atoms with Gasteiger partial charge in [0.15, 0.2) is 0 Å². The number of benzene rings is 1. The van der Waals surface area contributed by atoms with Crippen LogP contribution in [0.3, 0.4) is 0 Å². The highest BCUT2D eigenvalue weighted by atomic mass is 79.9. The lowest BCUT2D eigenvalue weighted by atomic mass is 10.2. The molecular weight excluding hydrogens is 380 g/mol. The summed E-state index contributed by atoms with van der Waals surface area (Å²) in [6, 6.07) is 8.02. The molecule has 6 nitrogen and oxygen atoms in total. The molecule has 1 aliphatic rings. The van der Waals surface area contributed by atoms with Gasteiger partial charge in [0.05, 0.1) is 18.8 Å². The van der Waals surface area contributed by atoms with E-state index in [0.29, 0.717) is 25.1 Å². The molecule has 1 fully saturated rings. The van der Waals surface area contributed by atoms with Crippen LogP contribution in [-0.4, -0.2) is 40.2 Å². The zero-order valence-corrected chi connectivity index (χ0v) is 15.1. The van der Waals surface area contributed by atoms with Crippen LogP contribution in [0, 0.1) is 4.84 Å². The Morgan fingerprint density at radius 2 is 2.26 bits per heavy atom. The van der Waals surface area contributed by atoms with E-state index in [2.05, 4.69) is 26.3 Å². The van der Waals surface area contributed by atoms with E-state index in [0.717, 1.165) is 22.9 Å². The molecule has 23 heavy (non-hydrogen) atoms. The van der Waals surface area contributed by atoms with Gasteiger partial charge in [0.2, 0.25) is 11.8 Å². The highest BCUT2D eigenvalue weighted by Crippen LogP contribution is 2.26. The number of nitrogens with zero attached hydrogens (tertiary/aromatic N) is 3. The second-order valence-electron chi connectivity index (χ2n) is 5.65. The van der Waals surface area contributed by atoms with Gasteiger partial charge >= 0.3 is 0 Å². The fraction of sp³-hybridized carbons (Fsp3) is 0.400. The summed E-state index contributed by atoms with van der Waals surface area (Å²) in [4.78, 5) is 13.9. The predicted molar refractivity (Wildman–Crippen MR) is 92.3 cm³/mol. The van der Waals surface area contributed by atoms with Crippen LogP contribution >= 0.6 is 28.1 Å². The first-order valence-corrected chi connectivity index (χ1v) is 8.54. The van der Waals surface area contributed by atoms with Gasteiger partial charge in [-0.1, -0.05) is 12.1 Å². The van der Waals surface area contributed by atoms with E-state index in [-0.39, 0.29) is 10.7 Å². The average molecular weight is 397 g/mol. The SMILES string of the molecule is CN(CC(=O)NC1CC1)Cn1nc(-c2ccccc2Br)oc1=S. The molecule has 8 heteroatoms. The predicted octanol–water partition coefficient (Wildman–Crippen LogP) is 2.80. The third kappa shape index (κ3) is 4.27. The molecule has 0 radical (unpaired) electrons. The first kappa shape index (κ1) is 16.4. The number of carbonyl (C=O) groups is 1. The normalized spacial score (nSPS) is 14.2. The maximum absolute atomic E-state index is 11.8. The Labute approximate surface area is 147 Å². The summed E-state index contributed by atoms with van der Waals surface area (Å²) in [5, 5.41) is 7.36. The van der Waals surface area contributed by atoms with Crippen LogP contribution < -0.4 is 5.32 Å². The highest BCUT2D eigenvalue weighted by molar-refractivity contribution is 9.10. The highest BCUT2D eigenvalue weighted by Gasteiger charge is 2.23. The van der Waals surface area contributed by atoms with Crippen molar-refractivity contribution in [3.8, 4) is 11.5 Å². The van der Waals surface area contributed by atoms with E-state index in [1.165, 1.54) is 0 Å². The van der Waals surface area contributed by atoms with Gasteiger partial charge in [-0.05, 0) is 60.2 Å². The van der Waals surface area contributed by atoms with Crippen molar-refractivity contribution in [3.05, 3.63) is 33.6 Å². The third-order valence-corrected chi connectivity index (χ3v) is 4.43. The van der Waals surface area contributed by atoms with Crippen molar-refractivity contribution < 1.29 is 9.21 Å². The topological polar surface area (TPSA) is 63.3 Å². The quantitative estimate of drug-likeness (QED) is 0.760. The summed E-state index contributed by atoms with van der Waals surface area (Å²) < 4.78 is 8.04. The maximum atomic E-state index is 11.8. The third-order valence-electron chi connectivity index (χ3n) is 3.44. The number of nitrogens with one attached hydrogen (secondary N) is 1. The average Bonchev–Trinajstić information content (AvgIpc) is 3.22. The Balaban J connectivity index is 1.67. The Bertz CT molecular complexity index is 769. The van der Waals surface area contributed by atoms with Gasteiger partial charge in [0.1, 0.15) is 0 Å². The minimum atomic E-state index is 0.0241. The number of aromatic nitrogens is 2. The van der Waals surface area contributed by atoms with Crippen molar-refractivity contribution >= 4 is 34.1 Å². The van der Waals surface area contributed by atoms with Gasteiger partial charge in [-0.3, -0.25) is 9.69 Å². The Kier molecular flexibility index (Phi) is 4.93. The molecular formula is C15H17BrN4O2S. The molecule has 1 amide bonds. The van der Waals surface area contributed by atoms with Crippen LogP contribution in [0.25, 0.3) is 11.5 Å². The minimum Gasteiger partial charge on any atom is -0.409 e. The van der Waals surface area contributed by atoms with E-state index >= 15 is 0 Å². The lowest BCUT2D eigenvalue weighted by molar-refractivity contribution is -0.122. The van der Waals surface area contributed by atoms with Crippen molar-refractivity contribution in [2.75, 3.05) is 13.6 Å². The van der Waals surface area contributed by atoms with Crippen molar-refractivity contribution in [2.24, 2.45) is 0 Å². The van der Waals surface area contributed by atoms with Gasteiger partial charge in [-0.15, -0.1) is 5.10 Å². The largest absolute Gasteiger partial charge is 0.409 e. The second-order valence-corrected chi connectivity index (χ2v) is 6.85. The van der Waals surface area contributed by atoms with Gasteiger partial charge in [0.25, 0.3) is 4.84 Å². The number of amides is 1. The molecule has 0 saturated heterocycles. The zero-order valence-electron chi connectivity index (χ0n) is 12.7. The molecule has 0 bridgehead atoms. The molecule has 3 rings (SSSR count). The molecule has 2 aromatic rings. The fourth-order valence-electron chi connectivity index (χ4n) is 2.16. The smallest absolute Gasteiger partial charge is 0.288 e. The number of hydrogen-bond acceptors (Lipinski definition) is 5. The number of halogens is 1. The summed E-state index contributed by atoms with van der Waals surface area (Å²) in [7, 11) is 1.85. The number of rotatable bonds is 6. The Morgan fingerprint density at radius 1 is 1.52 bits per heavy atom. The lowest BCUT2D eigenvalue weighted by Gasteiger charge is -2.15. The van der Waals surface area contributed by atoms with Crippen molar-refractivity contribution in [1.82, 2.24) is 20.0 Å². The van der Waals surface area contributed by atoms with Crippen molar-refractivity contribution in [2.45, 2.75) is 25.6 Å². The van der Waals surface area contributed by atoms with E-state index in [4.69, 9.17) is 16.6 Å². The van der Waals surface area contributed by atoms with Gasteiger partial charge < -0.3 is 9.73 Å². The fourth-order valence-corrected chi connectivity index (χ4v) is 2.80. The van der Waals surface area contributed by atoms with Crippen molar-refractivity contribution in [3.63, 3.8) is 0 Å². The van der Waals surface area contributed by atoms with E-state index < -0.39 is 0 Å². The van der Waals surface area contributed by atoms with Crippen LogP contribution in [0.4, 0.5) is 0 Å².